The Labute approximate surface area is 114 Å². The molecular formula is C14H24N2OS. The molecular weight excluding hydrogens is 244 g/mol. The Morgan fingerprint density at radius 3 is 3.22 bits per heavy atom. The van der Waals surface area contributed by atoms with Crippen molar-refractivity contribution in [2.75, 3.05) is 25.4 Å². The van der Waals surface area contributed by atoms with Gasteiger partial charge in [0.05, 0.1) is 12.8 Å². The standard InChI is InChI=1S/C14H24N2OS/c1-3-5-15-9-14-13(4-7-17-14)11-16-6-8-18-12(2)10-16/h4,7,12,15H,3,5-6,8-11H2,1-2H3. The lowest BCUT2D eigenvalue weighted by atomic mass is 10.2. The summed E-state index contributed by atoms with van der Waals surface area (Å²) in [6.07, 6.45) is 2.98. The van der Waals surface area contributed by atoms with Gasteiger partial charge in [0.25, 0.3) is 0 Å². The number of hydrogen-bond acceptors (Lipinski definition) is 4. The van der Waals surface area contributed by atoms with Crippen LogP contribution in [0.15, 0.2) is 16.7 Å². The summed E-state index contributed by atoms with van der Waals surface area (Å²) in [5, 5.41) is 4.16. The second-order valence-corrected chi connectivity index (χ2v) is 6.51. The highest BCUT2D eigenvalue weighted by Crippen LogP contribution is 2.21. The van der Waals surface area contributed by atoms with Crippen molar-refractivity contribution in [2.45, 2.75) is 38.6 Å². The van der Waals surface area contributed by atoms with Gasteiger partial charge in [-0.15, -0.1) is 0 Å². The molecule has 1 aliphatic rings. The quantitative estimate of drug-likeness (QED) is 0.803. The Bertz CT molecular complexity index is 353. The summed E-state index contributed by atoms with van der Waals surface area (Å²) in [6, 6.07) is 2.12. The molecule has 2 heterocycles. The second-order valence-electron chi connectivity index (χ2n) is 4.96. The van der Waals surface area contributed by atoms with E-state index in [-0.39, 0.29) is 0 Å². The van der Waals surface area contributed by atoms with E-state index in [9.17, 15) is 0 Å². The zero-order valence-corrected chi connectivity index (χ0v) is 12.3. The number of furan rings is 1. The summed E-state index contributed by atoms with van der Waals surface area (Å²) < 4.78 is 5.59. The van der Waals surface area contributed by atoms with Crippen LogP contribution in [0, 0.1) is 0 Å². The van der Waals surface area contributed by atoms with Crippen molar-refractivity contribution in [3.63, 3.8) is 0 Å². The number of thioether (sulfide) groups is 1. The summed E-state index contributed by atoms with van der Waals surface area (Å²) in [4.78, 5) is 2.54. The predicted octanol–water partition coefficient (Wildman–Crippen LogP) is 2.72. The van der Waals surface area contributed by atoms with Gasteiger partial charge in [-0.3, -0.25) is 4.90 Å². The molecule has 1 fully saturated rings. The largest absolute Gasteiger partial charge is 0.468 e. The third kappa shape index (κ3) is 4.04. The first-order valence-corrected chi connectivity index (χ1v) is 7.94. The maximum absolute atomic E-state index is 5.59. The van der Waals surface area contributed by atoms with Crippen LogP contribution in [0.5, 0.6) is 0 Å². The number of nitrogens with one attached hydrogen (secondary N) is 1. The number of nitrogens with zero attached hydrogens (tertiary/aromatic N) is 1. The Hall–Kier alpha value is -0.450. The zero-order valence-electron chi connectivity index (χ0n) is 11.4. The van der Waals surface area contributed by atoms with Crippen LogP contribution in [0.25, 0.3) is 0 Å². The van der Waals surface area contributed by atoms with Crippen molar-refractivity contribution in [3.05, 3.63) is 23.7 Å². The highest BCUT2D eigenvalue weighted by Gasteiger charge is 2.18. The molecule has 2 rings (SSSR count). The molecule has 1 aromatic heterocycles. The summed E-state index contributed by atoms with van der Waals surface area (Å²) in [5.41, 5.74) is 1.35. The van der Waals surface area contributed by atoms with Crippen LogP contribution in [0.2, 0.25) is 0 Å². The summed E-state index contributed by atoms with van der Waals surface area (Å²) in [5.74, 6) is 2.36. The average molecular weight is 268 g/mol. The molecule has 0 spiro atoms. The Kier molecular flexibility index (Phi) is 5.60. The minimum Gasteiger partial charge on any atom is -0.468 e. The zero-order chi connectivity index (χ0) is 12.8. The van der Waals surface area contributed by atoms with Crippen LogP contribution >= 0.6 is 11.8 Å². The van der Waals surface area contributed by atoms with Crippen molar-refractivity contribution >= 4 is 11.8 Å². The van der Waals surface area contributed by atoms with Gasteiger partial charge in [-0.05, 0) is 19.0 Å². The Morgan fingerprint density at radius 2 is 2.44 bits per heavy atom. The van der Waals surface area contributed by atoms with Crippen LogP contribution in [-0.2, 0) is 13.1 Å². The topological polar surface area (TPSA) is 28.4 Å². The SMILES string of the molecule is CCCNCc1occc1CN1CCSC(C)C1. The van der Waals surface area contributed by atoms with Crippen molar-refractivity contribution in [1.29, 1.82) is 0 Å². The lowest BCUT2D eigenvalue weighted by Gasteiger charge is -2.30. The molecule has 1 unspecified atom stereocenters. The third-order valence-electron chi connectivity index (χ3n) is 3.27. The minimum atomic E-state index is 0.757. The fourth-order valence-electron chi connectivity index (χ4n) is 2.32. The van der Waals surface area contributed by atoms with Gasteiger partial charge < -0.3 is 9.73 Å². The molecule has 0 bridgehead atoms. The van der Waals surface area contributed by atoms with E-state index in [1.165, 1.54) is 24.4 Å². The molecule has 1 atom stereocenters. The van der Waals surface area contributed by atoms with E-state index in [1.807, 2.05) is 6.26 Å². The van der Waals surface area contributed by atoms with Crippen LogP contribution < -0.4 is 5.32 Å². The van der Waals surface area contributed by atoms with Crippen molar-refractivity contribution in [2.24, 2.45) is 0 Å². The molecule has 0 aliphatic carbocycles. The maximum atomic E-state index is 5.59. The first-order valence-electron chi connectivity index (χ1n) is 6.89. The van der Waals surface area contributed by atoms with Gasteiger partial charge in [0.15, 0.2) is 0 Å². The Morgan fingerprint density at radius 1 is 1.56 bits per heavy atom. The highest BCUT2D eigenvalue weighted by molar-refractivity contribution is 7.99. The lowest BCUT2D eigenvalue weighted by molar-refractivity contribution is 0.275. The van der Waals surface area contributed by atoms with E-state index in [4.69, 9.17) is 4.42 Å². The molecule has 0 radical (unpaired) electrons. The van der Waals surface area contributed by atoms with Gasteiger partial charge in [0.2, 0.25) is 0 Å². The molecule has 4 heteroatoms. The number of hydrogen-bond donors (Lipinski definition) is 1. The molecule has 0 aromatic carbocycles. The van der Waals surface area contributed by atoms with E-state index in [0.29, 0.717) is 0 Å². The van der Waals surface area contributed by atoms with Gasteiger partial charge in [-0.1, -0.05) is 13.8 Å². The first kappa shape index (κ1) is 14.0. The fourth-order valence-corrected chi connectivity index (χ4v) is 3.40. The lowest BCUT2D eigenvalue weighted by Crippen LogP contribution is -2.36. The molecule has 1 saturated heterocycles. The van der Waals surface area contributed by atoms with Crippen LogP contribution in [0.3, 0.4) is 0 Å². The summed E-state index contributed by atoms with van der Waals surface area (Å²) >= 11 is 2.08. The van der Waals surface area contributed by atoms with Crippen LogP contribution in [0.4, 0.5) is 0 Å². The van der Waals surface area contributed by atoms with Gasteiger partial charge in [-0.2, -0.15) is 11.8 Å². The highest BCUT2D eigenvalue weighted by atomic mass is 32.2. The summed E-state index contributed by atoms with van der Waals surface area (Å²) in [6.45, 7) is 9.83. The summed E-state index contributed by atoms with van der Waals surface area (Å²) in [7, 11) is 0. The van der Waals surface area contributed by atoms with Gasteiger partial charge in [0.1, 0.15) is 5.76 Å². The fraction of sp³-hybridized carbons (Fsp3) is 0.714. The molecule has 3 nitrogen and oxygen atoms in total. The molecule has 1 aromatic rings. The molecule has 0 saturated carbocycles. The maximum Gasteiger partial charge on any atom is 0.122 e. The van der Waals surface area contributed by atoms with E-state index in [2.05, 4.69) is 41.9 Å². The average Bonchev–Trinajstić information content (AvgIpc) is 2.77. The van der Waals surface area contributed by atoms with Crippen molar-refractivity contribution in [3.8, 4) is 0 Å². The van der Waals surface area contributed by atoms with Crippen molar-refractivity contribution < 1.29 is 4.42 Å². The van der Waals surface area contributed by atoms with Crippen LogP contribution in [0.1, 0.15) is 31.6 Å². The predicted molar refractivity (Wildman–Crippen MR) is 77.9 cm³/mol. The normalized spacial score (nSPS) is 21.3. The van der Waals surface area contributed by atoms with E-state index < -0.39 is 0 Å². The molecule has 1 aliphatic heterocycles. The number of rotatable bonds is 6. The third-order valence-corrected chi connectivity index (χ3v) is 4.41. The molecule has 102 valence electrons. The monoisotopic (exact) mass is 268 g/mol. The first-order chi connectivity index (χ1) is 8.79. The van der Waals surface area contributed by atoms with E-state index >= 15 is 0 Å². The van der Waals surface area contributed by atoms with E-state index in [1.54, 1.807) is 0 Å². The van der Waals surface area contributed by atoms with Crippen LogP contribution in [-0.4, -0.2) is 35.5 Å². The molecule has 0 amide bonds. The second kappa shape index (κ2) is 7.22. The van der Waals surface area contributed by atoms with Crippen molar-refractivity contribution in [1.82, 2.24) is 10.2 Å². The van der Waals surface area contributed by atoms with Gasteiger partial charge in [0, 0.05) is 36.2 Å². The molecule has 1 N–H and O–H groups in total. The van der Waals surface area contributed by atoms with Gasteiger partial charge >= 0.3 is 0 Å². The Balaban J connectivity index is 1.86. The van der Waals surface area contributed by atoms with E-state index in [0.717, 1.165) is 37.1 Å². The van der Waals surface area contributed by atoms with Gasteiger partial charge in [-0.25, -0.2) is 0 Å². The minimum absolute atomic E-state index is 0.757. The smallest absolute Gasteiger partial charge is 0.122 e. The molecule has 18 heavy (non-hydrogen) atoms.